The molecule has 0 aliphatic carbocycles. The highest BCUT2D eigenvalue weighted by atomic mass is 32.1. The molecule has 2 fully saturated rings. The van der Waals surface area contributed by atoms with E-state index in [-0.39, 0.29) is 53.9 Å². The molecule has 4 rings (SSSR count). The highest BCUT2D eigenvalue weighted by Crippen LogP contribution is 2.32. The molecule has 2 aliphatic heterocycles. The third-order valence-corrected chi connectivity index (χ3v) is 9.15. The summed E-state index contributed by atoms with van der Waals surface area (Å²) in [6.45, 7) is 9.11. The summed E-state index contributed by atoms with van der Waals surface area (Å²) in [5.74, 6) is -3.38. The molecule has 0 saturated carbocycles. The smallest absolute Gasteiger partial charge is 0.311 e. The van der Waals surface area contributed by atoms with Gasteiger partial charge in [0.05, 0.1) is 23.6 Å². The van der Waals surface area contributed by atoms with Crippen LogP contribution in [0.4, 0.5) is 0 Å². The molecule has 2 amide bonds. The van der Waals surface area contributed by atoms with Gasteiger partial charge in [-0.25, -0.2) is 0 Å². The molecule has 12 nitrogen and oxygen atoms in total. The Morgan fingerprint density at radius 1 is 1.00 bits per heavy atom. The molecular formula is C33H40N4O8S. The maximum atomic E-state index is 12.5. The number of nitrogens with one attached hydrogen (secondary N) is 4. The van der Waals surface area contributed by atoms with Crippen LogP contribution < -0.4 is 21.2 Å². The molecule has 4 atom stereocenters. The first kappa shape index (κ1) is 34.2. The van der Waals surface area contributed by atoms with Crippen LogP contribution in [0.15, 0.2) is 30.2 Å². The molecule has 8 N–H and O–H groups in total. The summed E-state index contributed by atoms with van der Waals surface area (Å²) in [5.41, 5.74) is 5.01. The molecule has 4 heterocycles. The van der Waals surface area contributed by atoms with Gasteiger partial charge in [0, 0.05) is 58.2 Å². The molecule has 0 spiro atoms. The van der Waals surface area contributed by atoms with E-state index < -0.39 is 30.3 Å². The largest absolute Gasteiger partial charge is 0.516 e. The van der Waals surface area contributed by atoms with Crippen LogP contribution in [0.2, 0.25) is 0 Å². The minimum Gasteiger partial charge on any atom is -0.516 e. The second kappa shape index (κ2) is 14.2. The van der Waals surface area contributed by atoms with Gasteiger partial charge in [-0.2, -0.15) is 12.6 Å². The highest BCUT2D eigenvalue weighted by molar-refractivity contribution is 7.80. The number of allylic oxidation sites excluding steroid dienone is 1. The van der Waals surface area contributed by atoms with Crippen molar-refractivity contribution in [2.45, 2.75) is 58.9 Å². The Kier molecular flexibility index (Phi) is 10.6. The van der Waals surface area contributed by atoms with Crippen molar-refractivity contribution in [1.82, 2.24) is 20.6 Å². The topological polar surface area (TPSA) is 205 Å². The fourth-order valence-corrected chi connectivity index (χ4v) is 6.65. The quantitative estimate of drug-likeness (QED) is 0.0943. The predicted octanol–water partition coefficient (Wildman–Crippen LogP) is 2.27. The fraction of sp³-hybridized carbons (Fsp3) is 0.394. The first-order valence-electron chi connectivity index (χ1n) is 15.0. The first-order valence-corrected chi connectivity index (χ1v) is 15.6. The third-order valence-electron chi connectivity index (χ3n) is 8.90. The lowest BCUT2D eigenvalue weighted by Gasteiger charge is -2.12. The summed E-state index contributed by atoms with van der Waals surface area (Å²) in [6.07, 6.45) is 6.16. The normalized spacial score (nSPS) is 24.0. The first-order chi connectivity index (χ1) is 21.8. The number of rotatable bonds is 12. The monoisotopic (exact) mass is 652 g/mol. The van der Waals surface area contributed by atoms with Gasteiger partial charge in [0.15, 0.2) is 0 Å². The zero-order valence-electron chi connectivity index (χ0n) is 25.9. The van der Waals surface area contributed by atoms with Crippen molar-refractivity contribution in [1.29, 1.82) is 0 Å². The van der Waals surface area contributed by atoms with Crippen LogP contribution in [-0.2, 0) is 32.0 Å². The molecule has 0 bridgehead atoms. The Labute approximate surface area is 271 Å². The number of aliphatic hydroxyl groups is 2. The van der Waals surface area contributed by atoms with Crippen LogP contribution in [0.25, 0.3) is 17.9 Å². The van der Waals surface area contributed by atoms with E-state index in [4.69, 9.17) is 0 Å². The lowest BCUT2D eigenvalue weighted by atomic mass is 9.91. The summed E-state index contributed by atoms with van der Waals surface area (Å²) in [5, 5.41) is 46.2. The standard InChI is InChI=1S/C33H40N4O8S/c1-5-18-21(14-38)26(37-33(18)45)11-23-17(4)31(28(39)13-30(42)43)27(35-23)12-24-19(6-7-29(40)41)15(2)22(34-24)10-25-20(8-9-46)16(3)32(44)36-25/h5,10,12,14,16,18,20,26,34-35,38-39,46H,1,6-9,11,13H2,2-4H3,(H,36,44)(H,37,45)(H,40,41)(H,42,43)/b21-14+,25-10-,27-12-,31-28+/t16-,18?,20-,26-/m1/s1. The molecule has 2 aromatic rings. The maximum Gasteiger partial charge on any atom is 0.311 e. The van der Waals surface area contributed by atoms with Crippen molar-refractivity contribution >= 4 is 54.3 Å². The van der Waals surface area contributed by atoms with Crippen LogP contribution in [0.3, 0.4) is 0 Å². The summed E-state index contributed by atoms with van der Waals surface area (Å²) < 4.78 is 0. The average molecular weight is 653 g/mol. The van der Waals surface area contributed by atoms with Crippen molar-refractivity contribution in [2.24, 2.45) is 17.8 Å². The number of aromatic nitrogens is 2. The molecule has 246 valence electrons. The van der Waals surface area contributed by atoms with Gasteiger partial charge in [0.1, 0.15) is 12.2 Å². The molecule has 13 heteroatoms. The molecule has 1 unspecified atom stereocenters. The molecule has 2 aromatic heterocycles. The number of carbonyl (C=O) groups is 4. The van der Waals surface area contributed by atoms with E-state index in [0.717, 1.165) is 17.5 Å². The lowest BCUT2D eigenvalue weighted by Crippen LogP contribution is -2.29. The third kappa shape index (κ3) is 6.94. The second-order valence-electron chi connectivity index (χ2n) is 11.7. The van der Waals surface area contributed by atoms with Crippen LogP contribution >= 0.6 is 12.6 Å². The van der Waals surface area contributed by atoms with E-state index in [2.05, 4.69) is 39.8 Å². The number of aromatic amines is 2. The van der Waals surface area contributed by atoms with Gasteiger partial charge in [-0.05, 0) is 61.3 Å². The Morgan fingerprint density at radius 2 is 1.72 bits per heavy atom. The molecule has 0 aromatic carbocycles. The van der Waals surface area contributed by atoms with Crippen molar-refractivity contribution in [3.8, 4) is 0 Å². The van der Waals surface area contributed by atoms with E-state index in [1.165, 1.54) is 6.08 Å². The Bertz CT molecular complexity index is 1770. The summed E-state index contributed by atoms with van der Waals surface area (Å²) >= 11 is 4.36. The fourth-order valence-electron chi connectivity index (χ4n) is 6.38. The van der Waals surface area contributed by atoms with E-state index in [1.807, 2.05) is 19.9 Å². The van der Waals surface area contributed by atoms with Crippen LogP contribution in [-0.4, -0.2) is 65.9 Å². The number of carboxylic acids is 2. The van der Waals surface area contributed by atoms with E-state index in [9.17, 15) is 39.6 Å². The Hall–Kier alpha value is -4.65. The van der Waals surface area contributed by atoms with Crippen LogP contribution in [0.5, 0.6) is 0 Å². The Balaban J connectivity index is 1.90. The van der Waals surface area contributed by atoms with Crippen molar-refractivity contribution in [3.63, 3.8) is 0 Å². The van der Waals surface area contributed by atoms with Gasteiger partial charge in [-0.15, -0.1) is 6.58 Å². The van der Waals surface area contributed by atoms with Gasteiger partial charge in [0.25, 0.3) is 0 Å². The Morgan fingerprint density at radius 3 is 2.33 bits per heavy atom. The molecule has 0 radical (unpaired) electrons. The van der Waals surface area contributed by atoms with E-state index in [1.54, 1.807) is 13.0 Å². The van der Waals surface area contributed by atoms with Crippen LogP contribution in [0.1, 0.15) is 60.0 Å². The number of hydrogen-bond donors (Lipinski definition) is 9. The number of aliphatic carboxylic acids is 2. The number of H-pyrrole nitrogens is 2. The number of carboxylic acid groups (broad SMARTS) is 2. The SMILES string of the molecule is C=CC1C(=O)N[C@H](Cc2[nH]c(=C\c3[nH]c(/C=C4\NC(=O)[C@H](C)[C@H]4CCS)c(C)c3CCC(=O)O)/c(=C(/O)CC(=O)O)c2C)/C1=C/O. The zero-order valence-corrected chi connectivity index (χ0v) is 26.8. The molecule has 2 aliphatic rings. The van der Waals surface area contributed by atoms with E-state index in [0.29, 0.717) is 51.3 Å². The van der Waals surface area contributed by atoms with Crippen molar-refractivity contribution in [3.05, 3.63) is 74.5 Å². The van der Waals surface area contributed by atoms with Gasteiger partial charge < -0.3 is 41.0 Å². The van der Waals surface area contributed by atoms with Gasteiger partial charge in [0.2, 0.25) is 11.8 Å². The van der Waals surface area contributed by atoms with Crippen molar-refractivity contribution in [2.75, 3.05) is 5.75 Å². The summed E-state index contributed by atoms with van der Waals surface area (Å²) in [6, 6.07) is -0.577. The minimum absolute atomic E-state index is 0.0555. The average Bonchev–Trinajstić information content (AvgIpc) is 3.65. The number of thiol groups is 1. The molecular weight excluding hydrogens is 612 g/mol. The van der Waals surface area contributed by atoms with Gasteiger partial charge in [-0.3, -0.25) is 19.2 Å². The zero-order chi connectivity index (χ0) is 33.9. The van der Waals surface area contributed by atoms with Crippen molar-refractivity contribution < 1.29 is 39.6 Å². The molecule has 2 saturated heterocycles. The minimum atomic E-state index is -1.23. The number of aliphatic hydroxyl groups excluding tert-OH is 2. The highest BCUT2D eigenvalue weighted by Gasteiger charge is 2.36. The lowest BCUT2D eigenvalue weighted by molar-refractivity contribution is -0.137. The summed E-state index contributed by atoms with van der Waals surface area (Å²) in [7, 11) is 0. The number of amides is 2. The van der Waals surface area contributed by atoms with Gasteiger partial charge >= 0.3 is 11.9 Å². The van der Waals surface area contributed by atoms with E-state index >= 15 is 0 Å². The predicted molar refractivity (Wildman–Crippen MR) is 175 cm³/mol. The summed E-state index contributed by atoms with van der Waals surface area (Å²) in [4.78, 5) is 54.7. The number of hydrogen-bond acceptors (Lipinski definition) is 7. The number of carbonyl (C=O) groups excluding carboxylic acids is 2. The van der Waals surface area contributed by atoms with Crippen LogP contribution in [0, 0.1) is 31.6 Å². The maximum absolute atomic E-state index is 12.5. The molecule has 46 heavy (non-hydrogen) atoms. The van der Waals surface area contributed by atoms with Gasteiger partial charge in [-0.1, -0.05) is 13.0 Å². The second-order valence-corrected chi connectivity index (χ2v) is 12.2.